The Bertz CT molecular complexity index is 709. The molecule has 0 aromatic carbocycles. The van der Waals surface area contributed by atoms with Gasteiger partial charge in [0.05, 0.1) is 5.69 Å². The lowest BCUT2D eigenvalue weighted by atomic mass is 10.1. The maximum Gasteiger partial charge on any atom is 0.258 e. The van der Waals surface area contributed by atoms with Crippen LogP contribution in [-0.2, 0) is 6.54 Å². The van der Waals surface area contributed by atoms with E-state index in [1.54, 1.807) is 10.5 Å². The van der Waals surface area contributed by atoms with Crippen molar-refractivity contribution in [1.29, 1.82) is 0 Å². The first kappa shape index (κ1) is 14.2. The molecular formula is C16H22N4O. The monoisotopic (exact) mass is 286 g/mol. The first-order valence-corrected chi connectivity index (χ1v) is 7.49. The summed E-state index contributed by atoms with van der Waals surface area (Å²) in [5.41, 5.74) is 2.63. The largest absolute Gasteiger partial charge is 0.311 e. The lowest BCUT2D eigenvalue weighted by Gasteiger charge is -2.37. The van der Waals surface area contributed by atoms with Crippen molar-refractivity contribution < 1.29 is 0 Å². The fraction of sp³-hybridized carbons (Fsp3) is 0.500. The second kappa shape index (κ2) is 5.58. The van der Waals surface area contributed by atoms with Crippen LogP contribution in [0.15, 0.2) is 29.2 Å². The van der Waals surface area contributed by atoms with Gasteiger partial charge in [-0.25, -0.2) is 4.98 Å². The molecule has 5 nitrogen and oxygen atoms in total. The zero-order chi connectivity index (χ0) is 15.0. The van der Waals surface area contributed by atoms with Gasteiger partial charge in [-0.15, -0.1) is 0 Å². The van der Waals surface area contributed by atoms with Crippen molar-refractivity contribution in [3.63, 3.8) is 0 Å². The summed E-state index contributed by atoms with van der Waals surface area (Å²) in [5.74, 6) is 0. The number of fused-ring (bicyclic) bond motifs is 1. The fourth-order valence-corrected chi connectivity index (χ4v) is 2.86. The number of aryl methyl sites for hydroxylation is 1. The van der Waals surface area contributed by atoms with E-state index in [1.807, 2.05) is 25.3 Å². The second-order valence-corrected chi connectivity index (χ2v) is 6.11. The van der Waals surface area contributed by atoms with Gasteiger partial charge >= 0.3 is 0 Å². The van der Waals surface area contributed by atoms with E-state index in [9.17, 15) is 4.79 Å². The molecule has 0 radical (unpaired) electrons. The van der Waals surface area contributed by atoms with Crippen LogP contribution >= 0.6 is 0 Å². The van der Waals surface area contributed by atoms with Gasteiger partial charge in [-0.3, -0.25) is 14.1 Å². The van der Waals surface area contributed by atoms with Crippen LogP contribution in [0.3, 0.4) is 0 Å². The average Bonchev–Trinajstić information content (AvgIpc) is 2.44. The van der Waals surface area contributed by atoms with E-state index in [-0.39, 0.29) is 5.56 Å². The third kappa shape index (κ3) is 2.99. The van der Waals surface area contributed by atoms with Crippen LogP contribution in [0.25, 0.3) is 5.65 Å². The normalized spacial score (nSPS) is 23.6. The summed E-state index contributed by atoms with van der Waals surface area (Å²) in [4.78, 5) is 19.2. The Balaban J connectivity index is 1.90. The van der Waals surface area contributed by atoms with E-state index in [2.05, 4.69) is 29.0 Å². The van der Waals surface area contributed by atoms with Crippen LogP contribution in [-0.4, -0.2) is 39.5 Å². The summed E-state index contributed by atoms with van der Waals surface area (Å²) >= 11 is 0. The lowest BCUT2D eigenvalue weighted by Crippen LogP contribution is -2.53. The van der Waals surface area contributed by atoms with E-state index in [0.717, 1.165) is 36.5 Å². The van der Waals surface area contributed by atoms with Crippen LogP contribution in [0.5, 0.6) is 0 Å². The Morgan fingerprint density at radius 2 is 2.19 bits per heavy atom. The van der Waals surface area contributed by atoms with E-state index in [0.29, 0.717) is 12.1 Å². The summed E-state index contributed by atoms with van der Waals surface area (Å²) in [6, 6.07) is 6.49. The smallest absolute Gasteiger partial charge is 0.258 e. The van der Waals surface area contributed by atoms with Crippen LogP contribution in [0, 0.1) is 6.92 Å². The number of hydrogen-bond donors (Lipinski definition) is 1. The van der Waals surface area contributed by atoms with E-state index >= 15 is 0 Å². The standard InChI is InChI=1S/C16H22N4O/c1-11-4-5-15-18-14(6-16(21)20(15)8-11)10-19-9-12(2)17-7-13(19)3/h4-6,8,12-13,17H,7,9-10H2,1-3H3. The molecule has 5 heteroatoms. The molecule has 0 amide bonds. The number of nitrogens with one attached hydrogen (secondary N) is 1. The van der Waals surface area contributed by atoms with Gasteiger partial charge in [0.2, 0.25) is 0 Å². The number of aromatic nitrogens is 2. The van der Waals surface area contributed by atoms with Gasteiger partial charge in [0.15, 0.2) is 0 Å². The molecule has 3 heterocycles. The van der Waals surface area contributed by atoms with Gasteiger partial charge in [0.25, 0.3) is 5.56 Å². The molecule has 1 aliphatic rings. The van der Waals surface area contributed by atoms with Gasteiger partial charge in [-0.05, 0) is 32.4 Å². The molecule has 2 aromatic rings. The molecule has 0 spiro atoms. The zero-order valence-electron chi connectivity index (χ0n) is 12.8. The molecule has 2 unspecified atom stereocenters. The van der Waals surface area contributed by atoms with E-state index in [4.69, 9.17) is 0 Å². The second-order valence-electron chi connectivity index (χ2n) is 6.11. The highest BCUT2D eigenvalue weighted by Gasteiger charge is 2.22. The molecule has 0 saturated carbocycles. The van der Waals surface area contributed by atoms with Crippen LogP contribution in [0.1, 0.15) is 25.1 Å². The fourth-order valence-electron chi connectivity index (χ4n) is 2.86. The molecule has 1 fully saturated rings. The van der Waals surface area contributed by atoms with Crippen molar-refractivity contribution in [3.05, 3.63) is 46.0 Å². The van der Waals surface area contributed by atoms with Crippen LogP contribution in [0.2, 0.25) is 0 Å². The molecule has 1 aliphatic heterocycles. The average molecular weight is 286 g/mol. The summed E-state index contributed by atoms with van der Waals surface area (Å²) in [6.45, 7) is 9.06. The zero-order valence-corrected chi connectivity index (χ0v) is 12.8. The molecule has 3 rings (SSSR count). The number of pyridine rings is 1. The van der Waals surface area contributed by atoms with Crippen LogP contribution in [0.4, 0.5) is 0 Å². The quantitative estimate of drug-likeness (QED) is 0.901. The predicted octanol–water partition coefficient (Wildman–Crippen LogP) is 1.19. The Labute approximate surface area is 124 Å². The SMILES string of the molecule is Cc1ccc2nc(CN3CC(C)NCC3C)cc(=O)n2c1. The molecule has 0 aliphatic carbocycles. The van der Waals surface area contributed by atoms with Crippen molar-refractivity contribution in [2.75, 3.05) is 13.1 Å². The molecular weight excluding hydrogens is 264 g/mol. The van der Waals surface area contributed by atoms with E-state index < -0.39 is 0 Å². The number of nitrogens with zero attached hydrogens (tertiary/aromatic N) is 3. The highest BCUT2D eigenvalue weighted by atomic mass is 16.1. The number of rotatable bonds is 2. The maximum absolute atomic E-state index is 12.2. The summed E-state index contributed by atoms with van der Waals surface area (Å²) < 4.78 is 1.61. The van der Waals surface area contributed by atoms with Gasteiger partial charge in [0, 0.05) is 44.0 Å². The topological polar surface area (TPSA) is 49.6 Å². The Morgan fingerprint density at radius 1 is 1.38 bits per heavy atom. The predicted molar refractivity (Wildman–Crippen MR) is 83.5 cm³/mol. The summed E-state index contributed by atoms with van der Waals surface area (Å²) in [7, 11) is 0. The minimum absolute atomic E-state index is 0.00506. The Hall–Kier alpha value is -1.72. The van der Waals surface area contributed by atoms with Gasteiger partial charge in [0.1, 0.15) is 5.65 Å². The minimum atomic E-state index is -0.00506. The third-order valence-corrected chi connectivity index (χ3v) is 4.12. The highest BCUT2D eigenvalue weighted by Crippen LogP contribution is 2.11. The highest BCUT2D eigenvalue weighted by molar-refractivity contribution is 5.39. The molecule has 1 saturated heterocycles. The van der Waals surface area contributed by atoms with Crippen molar-refractivity contribution in [2.45, 2.75) is 39.4 Å². The first-order chi connectivity index (χ1) is 10.0. The van der Waals surface area contributed by atoms with Crippen molar-refractivity contribution >= 4 is 5.65 Å². The summed E-state index contributed by atoms with van der Waals surface area (Å²) in [6.07, 6.45) is 1.84. The molecule has 0 bridgehead atoms. The van der Waals surface area contributed by atoms with E-state index in [1.165, 1.54) is 0 Å². The lowest BCUT2D eigenvalue weighted by molar-refractivity contribution is 0.137. The summed E-state index contributed by atoms with van der Waals surface area (Å²) in [5, 5.41) is 3.47. The van der Waals surface area contributed by atoms with Crippen molar-refractivity contribution in [1.82, 2.24) is 19.6 Å². The molecule has 2 aromatic heterocycles. The Morgan fingerprint density at radius 3 is 3.00 bits per heavy atom. The number of piperazine rings is 1. The minimum Gasteiger partial charge on any atom is -0.311 e. The van der Waals surface area contributed by atoms with Crippen LogP contribution < -0.4 is 10.9 Å². The first-order valence-electron chi connectivity index (χ1n) is 7.49. The molecule has 21 heavy (non-hydrogen) atoms. The van der Waals surface area contributed by atoms with Crippen molar-refractivity contribution in [2.24, 2.45) is 0 Å². The van der Waals surface area contributed by atoms with Crippen molar-refractivity contribution in [3.8, 4) is 0 Å². The Kier molecular flexibility index (Phi) is 3.78. The van der Waals surface area contributed by atoms with Gasteiger partial charge < -0.3 is 5.32 Å². The third-order valence-electron chi connectivity index (χ3n) is 4.12. The maximum atomic E-state index is 12.2. The molecule has 2 atom stereocenters. The number of hydrogen-bond acceptors (Lipinski definition) is 4. The van der Waals surface area contributed by atoms with Gasteiger partial charge in [-0.2, -0.15) is 0 Å². The molecule has 1 N–H and O–H groups in total. The molecule has 112 valence electrons. The van der Waals surface area contributed by atoms with Gasteiger partial charge in [-0.1, -0.05) is 6.07 Å².